The lowest BCUT2D eigenvalue weighted by molar-refractivity contribution is 0.569. The van der Waals surface area contributed by atoms with Gasteiger partial charge in [0.05, 0.1) is 0 Å². The summed E-state index contributed by atoms with van der Waals surface area (Å²) in [5.41, 5.74) is 0. The number of nitrogens with two attached hydrogens (primary N) is 1. The van der Waals surface area contributed by atoms with E-state index in [1.54, 1.807) is 12.1 Å². The zero-order valence-corrected chi connectivity index (χ0v) is 5.87. The van der Waals surface area contributed by atoms with E-state index in [4.69, 9.17) is 5.40 Å². The third kappa shape index (κ3) is 1.47. The summed E-state index contributed by atoms with van der Waals surface area (Å²) in [6, 6.07) is 9.05. The minimum Gasteiger partial charge on any atom is -0.400 e. The highest BCUT2D eigenvalue weighted by atomic mass is 28.3. The second-order valence-corrected chi connectivity index (χ2v) is 3.04. The summed E-state index contributed by atoms with van der Waals surface area (Å²) in [6.45, 7) is 0. The van der Waals surface area contributed by atoms with Crippen molar-refractivity contribution in [3.05, 3.63) is 30.3 Å². The Morgan fingerprint density at radius 1 is 1.22 bits per heavy atom. The zero-order chi connectivity index (χ0) is 6.69. The van der Waals surface area contributed by atoms with Gasteiger partial charge in [0.15, 0.2) is 0 Å². The Morgan fingerprint density at radius 2 is 1.78 bits per heavy atom. The molecular weight excluding hydrogens is 130 g/mol. The van der Waals surface area contributed by atoms with Crippen LogP contribution >= 0.6 is 0 Å². The molecule has 3 heteroatoms. The normalized spacial score (nSPS) is 8.89. The summed E-state index contributed by atoms with van der Waals surface area (Å²) in [6.07, 6.45) is 0. The fraction of sp³-hybridized carbons (Fsp3) is 0. The molecule has 2 nitrogen and oxygen atoms in total. The van der Waals surface area contributed by atoms with Crippen molar-refractivity contribution in [3.63, 3.8) is 0 Å². The quantitative estimate of drug-likeness (QED) is 0.543. The van der Waals surface area contributed by atoms with E-state index in [2.05, 4.69) is 0 Å². The van der Waals surface area contributed by atoms with E-state index in [9.17, 15) is 4.46 Å². The first-order chi connectivity index (χ1) is 4.30. The molecule has 0 aliphatic heterocycles. The van der Waals surface area contributed by atoms with Crippen LogP contribution in [-0.2, 0) is 4.46 Å². The van der Waals surface area contributed by atoms with E-state index in [0.717, 1.165) is 5.19 Å². The molecule has 1 aromatic carbocycles. The van der Waals surface area contributed by atoms with Crippen molar-refractivity contribution in [1.82, 2.24) is 0 Å². The van der Waals surface area contributed by atoms with Crippen molar-refractivity contribution in [2.75, 3.05) is 0 Å². The van der Waals surface area contributed by atoms with Gasteiger partial charge in [-0.15, -0.1) is 0 Å². The van der Waals surface area contributed by atoms with Gasteiger partial charge in [-0.2, -0.15) is 0 Å². The van der Waals surface area contributed by atoms with Crippen LogP contribution in [0.15, 0.2) is 30.3 Å². The maximum atomic E-state index is 10.6. The first-order valence-corrected chi connectivity index (χ1v) is 4.14. The van der Waals surface area contributed by atoms with Crippen LogP contribution in [0.25, 0.3) is 0 Å². The Hall–Kier alpha value is -0.963. The van der Waals surface area contributed by atoms with E-state index in [1.807, 2.05) is 18.2 Å². The molecule has 0 amide bonds. The number of hydrogen-bond acceptors (Lipinski definition) is 1. The monoisotopic (exact) mass is 137 g/mol. The van der Waals surface area contributed by atoms with Gasteiger partial charge in [0, 0.05) is 5.19 Å². The van der Waals surface area contributed by atoms with Gasteiger partial charge < -0.3 is 9.86 Å². The number of hydrogen-bond donors (Lipinski definition) is 1. The third-order valence-electron chi connectivity index (χ3n) is 1.06. The highest BCUT2D eigenvalue weighted by Crippen LogP contribution is 1.79. The molecule has 0 aliphatic carbocycles. The average molecular weight is 137 g/mol. The maximum Gasteiger partial charge on any atom is 0.425 e. The summed E-state index contributed by atoms with van der Waals surface area (Å²) in [4.78, 5) is 0. The summed E-state index contributed by atoms with van der Waals surface area (Å²) in [7, 11) is -1.96. The minimum absolute atomic E-state index is 0.738. The molecule has 0 aromatic heterocycles. The molecule has 0 saturated heterocycles. The maximum absolute atomic E-state index is 10.6. The lowest BCUT2D eigenvalue weighted by Crippen LogP contribution is -2.29. The highest BCUT2D eigenvalue weighted by Gasteiger charge is 1.98. The lowest BCUT2D eigenvalue weighted by atomic mass is 10.4. The Kier molecular flexibility index (Phi) is 1.74. The van der Waals surface area contributed by atoms with Gasteiger partial charge in [-0.05, 0) is 0 Å². The average Bonchev–Trinajstić information content (AvgIpc) is 1.90. The van der Waals surface area contributed by atoms with Gasteiger partial charge in [0.1, 0.15) is 0 Å². The van der Waals surface area contributed by atoms with Crippen molar-refractivity contribution >= 4 is 14.0 Å². The summed E-state index contributed by atoms with van der Waals surface area (Å²) in [5.74, 6) is 0. The molecule has 46 valence electrons. The van der Waals surface area contributed by atoms with Crippen molar-refractivity contribution in [2.45, 2.75) is 0 Å². The molecule has 1 rings (SSSR count). The fourth-order valence-corrected chi connectivity index (χ4v) is 1.12. The van der Waals surface area contributed by atoms with Crippen LogP contribution in [0.1, 0.15) is 0 Å². The van der Waals surface area contributed by atoms with Gasteiger partial charge in [0.25, 0.3) is 0 Å². The number of rotatable bonds is 1. The second kappa shape index (κ2) is 2.55. The molecule has 0 radical (unpaired) electrons. The largest absolute Gasteiger partial charge is 0.425 e. The highest BCUT2D eigenvalue weighted by molar-refractivity contribution is 6.56. The Bertz CT molecular complexity index is 210. The SMILES string of the molecule is N[Si](=O)c1ccccc1. The molecule has 9 heavy (non-hydrogen) atoms. The lowest BCUT2D eigenvalue weighted by Gasteiger charge is -1.87. The van der Waals surface area contributed by atoms with E-state index in [-0.39, 0.29) is 0 Å². The van der Waals surface area contributed by atoms with Gasteiger partial charge in [0.2, 0.25) is 0 Å². The zero-order valence-electron chi connectivity index (χ0n) is 4.87. The van der Waals surface area contributed by atoms with Crippen LogP contribution < -0.4 is 10.6 Å². The Balaban J connectivity index is 2.98. The Morgan fingerprint density at radius 3 is 2.11 bits per heavy atom. The first kappa shape index (κ1) is 6.16. The topological polar surface area (TPSA) is 43.1 Å². The van der Waals surface area contributed by atoms with Crippen LogP contribution in [-0.4, -0.2) is 8.84 Å². The summed E-state index contributed by atoms with van der Waals surface area (Å²) in [5, 5.41) is 5.90. The predicted molar refractivity (Wildman–Crippen MR) is 36.7 cm³/mol. The van der Waals surface area contributed by atoms with Gasteiger partial charge in [-0.1, -0.05) is 30.3 Å². The van der Waals surface area contributed by atoms with Crippen LogP contribution in [0.5, 0.6) is 0 Å². The predicted octanol–water partition coefficient (Wildman–Crippen LogP) is -0.229. The van der Waals surface area contributed by atoms with E-state index >= 15 is 0 Å². The van der Waals surface area contributed by atoms with Gasteiger partial charge in [-0.3, -0.25) is 0 Å². The molecular formula is C6H7NOSi. The van der Waals surface area contributed by atoms with Crippen molar-refractivity contribution in [2.24, 2.45) is 5.40 Å². The molecule has 0 aliphatic rings. The van der Waals surface area contributed by atoms with Crippen molar-refractivity contribution < 1.29 is 4.46 Å². The van der Waals surface area contributed by atoms with Crippen molar-refractivity contribution in [3.8, 4) is 0 Å². The molecule has 0 unspecified atom stereocenters. The third-order valence-corrected chi connectivity index (χ3v) is 1.96. The molecule has 0 saturated carbocycles. The van der Waals surface area contributed by atoms with Crippen molar-refractivity contribution in [1.29, 1.82) is 0 Å². The van der Waals surface area contributed by atoms with Crippen LogP contribution in [0.4, 0.5) is 0 Å². The fourth-order valence-electron chi connectivity index (χ4n) is 0.602. The molecule has 0 heterocycles. The molecule has 0 spiro atoms. The van der Waals surface area contributed by atoms with E-state index < -0.39 is 8.84 Å². The second-order valence-electron chi connectivity index (χ2n) is 1.73. The standard InChI is InChI=1S/C6H7NOSi/c7-9(8)6-4-2-1-3-5-6/h1-5H,7H2. The summed E-state index contributed by atoms with van der Waals surface area (Å²) >= 11 is 0. The van der Waals surface area contributed by atoms with E-state index in [1.165, 1.54) is 0 Å². The van der Waals surface area contributed by atoms with E-state index in [0.29, 0.717) is 0 Å². The molecule has 0 atom stereocenters. The first-order valence-electron chi connectivity index (χ1n) is 2.65. The van der Waals surface area contributed by atoms with Crippen LogP contribution in [0, 0.1) is 0 Å². The molecule has 2 N–H and O–H groups in total. The molecule has 0 bridgehead atoms. The molecule has 0 fully saturated rings. The van der Waals surface area contributed by atoms with Crippen LogP contribution in [0.3, 0.4) is 0 Å². The Labute approximate surface area is 55.1 Å². The van der Waals surface area contributed by atoms with Crippen LogP contribution in [0.2, 0.25) is 0 Å². The smallest absolute Gasteiger partial charge is 0.400 e. The summed E-state index contributed by atoms with van der Waals surface area (Å²) < 4.78 is 10.6. The van der Waals surface area contributed by atoms with Gasteiger partial charge in [-0.25, -0.2) is 0 Å². The number of benzene rings is 1. The van der Waals surface area contributed by atoms with Gasteiger partial charge >= 0.3 is 8.84 Å². The molecule has 1 aromatic rings. The minimum atomic E-state index is -1.96.